The molecule has 3 atom stereocenters. The van der Waals surface area contributed by atoms with Crippen LogP contribution in [0, 0.1) is 0 Å². The van der Waals surface area contributed by atoms with E-state index in [0.717, 1.165) is 23.0 Å². The number of para-hydroxylation sites is 1. The zero-order valence-electron chi connectivity index (χ0n) is 14.2. The summed E-state index contributed by atoms with van der Waals surface area (Å²) in [4.78, 5) is 4.64. The molecule has 1 aliphatic carbocycles. The maximum Gasteiger partial charge on any atom is 0.159 e. The van der Waals surface area contributed by atoms with Crippen molar-refractivity contribution in [3.8, 4) is 0 Å². The highest BCUT2D eigenvalue weighted by atomic mass is 32.2. The van der Waals surface area contributed by atoms with Gasteiger partial charge in [-0.3, -0.25) is 9.17 Å². The third-order valence-electron chi connectivity index (χ3n) is 3.21. The summed E-state index contributed by atoms with van der Waals surface area (Å²) < 4.78 is 16.9. The molecule has 1 aliphatic rings. The van der Waals surface area contributed by atoms with Crippen molar-refractivity contribution in [1.82, 2.24) is 4.98 Å². The molecule has 0 aliphatic heterocycles. The van der Waals surface area contributed by atoms with Gasteiger partial charge >= 0.3 is 0 Å². The van der Waals surface area contributed by atoms with E-state index in [2.05, 4.69) is 17.1 Å². The highest BCUT2D eigenvalue weighted by Gasteiger charge is 2.45. The van der Waals surface area contributed by atoms with E-state index < -0.39 is 11.1 Å². The largest absolute Gasteiger partial charge is 0.291 e. The maximum atomic E-state index is 11.7. The summed E-state index contributed by atoms with van der Waals surface area (Å²) in [5.41, 5.74) is 2.04. The van der Waals surface area contributed by atoms with Crippen LogP contribution >= 0.6 is 0 Å². The standard InChI is InChI=1S/C14H15NO2S.2C2H6/c1-2-17-18(16)14-9-11(14)13-8-7-10-5-3-4-6-12(10)15-13;2*1-2/h3-8,11,14H,2,9H2,1H3;2*1-2H3/t11-,14+,18?;;/m1../s1. The molecule has 4 heteroatoms. The Hall–Kier alpha value is -1.26. The average molecular weight is 321 g/mol. The van der Waals surface area contributed by atoms with Crippen LogP contribution in [0.1, 0.15) is 52.7 Å². The minimum absolute atomic E-state index is 0.124. The Bertz CT molecular complexity index is 600. The third-order valence-corrected chi connectivity index (χ3v) is 4.70. The zero-order valence-corrected chi connectivity index (χ0v) is 15.0. The van der Waals surface area contributed by atoms with Gasteiger partial charge in [0.05, 0.1) is 17.4 Å². The summed E-state index contributed by atoms with van der Waals surface area (Å²) >= 11 is -1.16. The van der Waals surface area contributed by atoms with E-state index >= 15 is 0 Å². The van der Waals surface area contributed by atoms with Gasteiger partial charge in [-0.25, -0.2) is 4.21 Å². The Kier molecular flexibility index (Phi) is 8.28. The lowest BCUT2D eigenvalue weighted by Crippen LogP contribution is -2.04. The van der Waals surface area contributed by atoms with Crippen molar-refractivity contribution < 1.29 is 8.39 Å². The average Bonchev–Trinajstić information content (AvgIpc) is 3.39. The fourth-order valence-electron chi connectivity index (χ4n) is 2.19. The van der Waals surface area contributed by atoms with Crippen LogP contribution in [0.5, 0.6) is 0 Å². The zero-order chi connectivity index (χ0) is 16.5. The van der Waals surface area contributed by atoms with Crippen LogP contribution in [0.4, 0.5) is 0 Å². The van der Waals surface area contributed by atoms with Crippen molar-refractivity contribution in [3.05, 3.63) is 42.1 Å². The van der Waals surface area contributed by atoms with Crippen molar-refractivity contribution in [2.75, 3.05) is 6.61 Å². The van der Waals surface area contributed by atoms with Gasteiger partial charge in [0.25, 0.3) is 0 Å². The Labute approximate surface area is 136 Å². The molecule has 0 radical (unpaired) electrons. The first-order chi connectivity index (χ1) is 10.8. The first-order valence-electron chi connectivity index (χ1n) is 8.19. The molecule has 1 unspecified atom stereocenters. The first kappa shape index (κ1) is 18.8. The quantitative estimate of drug-likeness (QED) is 0.808. The Morgan fingerprint density at radius 2 is 1.82 bits per heavy atom. The van der Waals surface area contributed by atoms with Crippen LogP contribution in [-0.4, -0.2) is 21.0 Å². The molecular weight excluding hydrogens is 294 g/mol. The highest BCUT2D eigenvalue weighted by molar-refractivity contribution is 7.81. The summed E-state index contributed by atoms with van der Waals surface area (Å²) in [5.74, 6) is 0.294. The van der Waals surface area contributed by atoms with Gasteiger partial charge in [0.1, 0.15) is 0 Å². The number of rotatable bonds is 4. The number of aromatic nitrogens is 1. The molecule has 3 nitrogen and oxygen atoms in total. The molecule has 1 aromatic carbocycles. The summed E-state index contributed by atoms with van der Waals surface area (Å²) in [5, 5.41) is 1.27. The van der Waals surface area contributed by atoms with Gasteiger partial charge in [-0.2, -0.15) is 0 Å². The minimum atomic E-state index is -1.16. The monoisotopic (exact) mass is 321 g/mol. The van der Waals surface area contributed by atoms with Gasteiger partial charge in [0, 0.05) is 17.0 Å². The van der Waals surface area contributed by atoms with Crippen LogP contribution in [0.3, 0.4) is 0 Å². The summed E-state index contributed by atoms with van der Waals surface area (Å²) in [6.45, 7) is 10.4. The second-order valence-electron chi connectivity index (χ2n) is 4.48. The summed E-state index contributed by atoms with van der Waals surface area (Å²) in [7, 11) is 0. The van der Waals surface area contributed by atoms with E-state index in [1.807, 2.05) is 58.9 Å². The van der Waals surface area contributed by atoms with Gasteiger partial charge in [0.2, 0.25) is 0 Å². The van der Waals surface area contributed by atoms with Crippen molar-refractivity contribution in [2.45, 2.75) is 52.2 Å². The summed E-state index contributed by atoms with van der Waals surface area (Å²) in [6.07, 6.45) is 0.915. The highest BCUT2D eigenvalue weighted by Crippen LogP contribution is 2.44. The predicted octanol–water partition coefficient (Wildman–Crippen LogP) is 4.84. The maximum absolute atomic E-state index is 11.7. The van der Waals surface area contributed by atoms with Crippen LogP contribution < -0.4 is 0 Å². The molecule has 1 saturated carbocycles. The van der Waals surface area contributed by atoms with Gasteiger partial charge in [-0.1, -0.05) is 52.0 Å². The lowest BCUT2D eigenvalue weighted by Gasteiger charge is -2.02. The molecule has 2 aromatic rings. The lowest BCUT2D eigenvalue weighted by atomic mass is 10.2. The fraction of sp³-hybridized carbons (Fsp3) is 0.500. The van der Waals surface area contributed by atoms with Crippen molar-refractivity contribution >= 4 is 22.0 Å². The molecule has 0 bridgehead atoms. The van der Waals surface area contributed by atoms with E-state index in [-0.39, 0.29) is 5.25 Å². The number of fused-ring (bicyclic) bond motifs is 1. The van der Waals surface area contributed by atoms with Crippen LogP contribution in [0.2, 0.25) is 0 Å². The van der Waals surface area contributed by atoms with Gasteiger partial charge in [-0.05, 0) is 25.5 Å². The molecule has 1 aromatic heterocycles. The van der Waals surface area contributed by atoms with Crippen molar-refractivity contribution in [1.29, 1.82) is 0 Å². The topological polar surface area (TPSA) is 39.2 Å². The molecule has 122 valence electrons. The van der Waals surface area contributed by atoms with Crippen molar-refractivity contribution in [3.63, 3.8) is 0 Å². The number of pyridine rings is 1. The Morgan fingerprint density at radius 1 is 1.14 bits per heavy atom. The van der Waals surface area contributed by atoms with E-state index in [1.165, 1.54) is 0 Å². The molecule has 22 heavy (non-hydrogen) atoms. The molecular formula is C18H27NO2S. The SMILES string of the molecule is CC.CC.CCOS(=O)[C@H]1C[C@@H]1c1ccc2ccccc2n1. The fourth-order valence-corrected chi connectivity index (χ4v) is 3.37. The van der Waals surface area contributed by atoms with Gasteiger partial charge in [-0.15, -0.1) is 0 Å². The van der Waals surface area contributed by atoms with E-state index in [0.29, 0.717) is 12.5 Å². The molecule has 0 saturated heterocycles. The number of benzene rings is 1. The van der Waals surface area contributed by atoms with Gasteiger partial charge in [0.15, 0.2) is 11.1 Å². The third kappa shape index (κ3) is 4.62. The van der Waals surface area contributed by atoms with Crippen LogP contribution in [0.25, 0.3) is 10.9 Å². The smallest absolute Gasteiger partial charge is 0.159 e. The molecule has 0 spiro atoms. The molecule has 3 rings (SSSR count). The molecule has 0 amide bonds. The minimum Gasteiger partial charge on any atom is -0.291 e. The number of hydrogen-bond donors (Lipinski definition) is 0. The second kappa shape index (κ2) is 9.70. The van der Waals surface area contributed by atoms with E-state index in [4.69, 9.17) is 4.18 Å². The van der Waals surface area contributed by atoms with E-state index in [9.17, 15) is 4.21 Å². The van der Waals surface area contributed by atoms with E-state index in [1.54, 1.807) is 0 Å². The lowest BCUT2D eigenvalue weighted by molar-refractivity contribution is 0.370. The number of nitrogens with zero attached hydrogens (tertiary/aromatic N) is 1. The summed E-state index contributed by atoms with van der Waals surface area (Å²) in [6, 6.07) is 12.2. The normalized spacial score (nSPS) is 20.2. The Morgan fingerprint density at radius 3 is 2.50 bits per heavy atom. The molecule has 0 N–H and O–H groups in total. The van der Waals surface area contributed by atoms with Crippen LogP contribution in [-0.2, 0) is 15.3 Å². The van der Waals surface area contributed by atoms with Crippen LogP contribution in [0.15, 0.2) is 36.4 Å². The first-order valence-corrected chi connectivity index (χ1v) is 9.33. The second-order valence-corrected chi connectivity index (χ2v) is 5.84. The number of hydrogen-bond acceptors (Lipinski definition) is 3. The predicted molar refractivity (Wildman–Crippen MR) is 95.4 cm³/mol. The molecule has 1 fully saturated rings. The molecule has 1 heterocycles. The van der Waals surface area contributed by atoms with Gasteiger partial charge < -0.3 is 0 Å². The Balaban J connectivity index is 0.000000561. The van der Waals surface area contributed by atoms with Crippen molar-refractivity contribution in [2.24, 2.45) is 0 Å².